The van der Waals surface area contributed by atoms with Crippen LogP contribution in [0.5, 0.6) is 0 Å². The van der Waals surface area contributed by atoms with Gasteiger partial charge in [-0.25, -0.2) is 20.1 Å². The fourth-order valence-electron chi connectivity index (χ4n) is 4.48. The number of hydrogen-bond donors (Lipinski definition) is 1. The second kappa shape index (κ2) is 10.7. The molecule has 3 heterocycles. The van der Waals surface area contributed by atoms with Crippen LogP contribution in [0.15, 0.2) is 65.8 Å². The number of fused-ring (bicyclic) bond motifs is 1. The highest BCUT2D eigenvalue weighted by Crippen LogP contribution is 2.33. The summed E-state index contributed by atoms with van der Waals surface area (Å²) in [4.78, 5) is 30.5. The number of imidazole rings is 1. The second-order valence-corrected chi connectivity index (χ2v) is 9.83. The highest BCUT2D eigenvalue weighted by Gasteiger charge is 2.35. The molecule has 0 amide bonds. The van der Waals surface area contributed by atoms with Crippen molar-refractivity contribution in [3.05, 3.63) is 93.6 Å². The van der Waals surface area contributed by atoms with Crippen LogP contribution in [0, 0.1) is 0 Å². The van der Waals surface area contributed by atoms with Crippen LogP contribution < -0.4 is 10.5 Å². The summed E-state index contributed by atoms with van der Waals surface area (Å²) in [6, 6.07) is 13.6. The van der Waals surface area contributed by atoms with Crippen molar-refractivity contribution in [1.82, 2.24) is 34.7 Å². The van der Waals surface area contributed by atoms with Gasteiger partial charge in [-0.05, 0) is 44.0 Å². The summed E-state index contributed by atoms with van der Waals surface area (Å²) in [5, 5.41) is 8.08. The van der Waals surface area contributed by atoms with Gasteiger partial charge in [-0.15, -0.1) is 0 Å². The van der Waals surface area contributed by atoms with Crippen LogP contribution in [0.25, 0.3) is 22.2 Å². The fraction of sp³-hybridized carbons (Fsp3) is 0.259. The summed E-state index contributed by atoms with van der Waals surface area (Å²) < 4.78 is 41.6. The lowest BCUT2D eigenvalue weighted by Crippen LogP contribution is -2.30. The van der Waals surface area contributed by atoms with Crippen molar-refractivity contribution in [1.29, 1.82) is 0 Å². The van der Waals surface area contributed by atoms with Crippen molar-refractivity contribution in [2.75, 3.05) is 4.90 Å². The number of halogens is 4. The van der Waals surface area contributed by atoms with Gasteiger partial charge in [0.1, 0.15) is 12.2 Å². The second-order valence-electron chi connectivity index (χ2n) is 9.49. The molecule has 9 nitrogen and oxygen atoms in total. The Kier molecular flexibility index (Phi) is 7.28. The Morgan fingerprint density at radius 2 is 1.70 bits per heavy atom. The topological polar surface area (TPSA) is 105 Å². The minimum absolute atomic E-state index is 0.0119. The number of nitrogens with zero attached hydrogens (tertiary/aromatic N) is 7. The van der Waals surface area contributed by atoms with Crippen LogP contribution in [-0.2, 0) is 12.7 Å². The van der Waals surface area contributed by atoms with E-state index >= 15 is 0 Å². The number of hydrogen-bond acceptors (Lipinski definition) is 7. The SMILES string of the molecule is CC(c1n[nH]c(=O)c2ccccc12)N(Cc1ccc(-c2nc(C(F)(F)F)cn2C(C)C)cc1)c1ncnc(Cl)n1. The summed E-state index contributed by atoms with van der Waals surface area (Å²) in [6.07, 6.45) is -2.21. The quantitative estimate of drug-likeness (QED) is 0.257. The van der Waals surface area contributed by atoms with Gasteiger partial charge >= 0.3 is 6.18 Å². The van der Waals surface area contributed by atoms with E-state index in [0.717, 1.165) is 11.8 Å². The third kappa shape index (κ3) is 5.39. The van der Waals surface area contributed by atoms with Gasteiger partial charge in [0.2, 0.25) is 11.2 Å². The van der Waals surface area contributed by atoms with Crippen molar-refractivity contribution >= 4 is 28.3 Å². The fourth-order valence-corrected chi connectivity index (χ4v) is 4.60. The highest BCUT2D eigenvalue weighted by molar-refractivity contribution is 6.28. The van der Waals surface area contributed by atoms with Crippen molar-refractivity contribution in [3.8, 4) is 11.4 Å². The third-order valence-corrected chi connectivity index (χ3v) is 6.70. The molecule has 0 bridgehead atoms. The molecule has 206 valence electrons. The van der Waals surface area contributed by atoms with E-state index in [4.69, 9.17) is 11.6 Å². The van der Waals surface area contributed by atoms with Crippen molar-refractivity contribution in [2.24, 2.45) is 0 Å². The van der Waals surface area contributed by atoms with Gasteiger partial charge in [0.25, 0.3) is 5.56 Å². The first-order chi connectivity index (χ1) is 19.0. The molecule has 0 aliphatic heterocycles. The van der Waals surface area contributed by atoms with Gasteiger partial charge in [-0.2, -0.15) is 23.3 Å². The Morgan fingerprint density at radius 1 is 1.00 bits per heavy atom. The molecule has 0 saturated heterocycles. The lowest BCUT2D eigenvalue weighted by Gasteiger charge is -2.29. The maximum absolute atomic E-state index is 13.4. The molecule has 1 atom stereocenters. The standard InChI is InChI=1S/C27H24ClF3N8O/c1-15(2)38-13-21(27(29,30)31)34-23(38)18-10-8-17(9-11-18)12-39(26-33-14-32-25(28)35-26)16(3)22-19-6-4-5-7-20(19)24(40)37-36-22/h4-11,13-16H,12H2,1-3H3,(H,37,40). The predicted octanol–water partition coefficient (Wildman–Crippen LogP) is 5.99. The minimum atomic E-state index is -4.54. The molecule has 5 rings (SSSR count). The molecule has 0 fully saturated rings. The molecule has 0 aliphatic rings. The summed E-state index contributed by atoms with van der Waals surface area (Å²) in [6.45, 7) is 5.79. The van der Waals surface area contributed by atoms with E-state index in [-0.39, 0.29) is 22.7 Å². The zero-order chi connectivity index (χ0) is 28.6. The average Bonchev–Trinajstić information content (AvgIpc) is 3.39. The van der Waals surface area contributed by atoms with Crippen LogP contribution >= 0.6 is 11.6 Å². The Labute approximate surface area is 231 Å². The van der Waals surface area contributed by atoms with E-state index in [2.05, 4.69) is 30.1 Å². The number of rotatable bonds is 7. The van der Waals surface area contributed by atoms with Crippen LogP contribution in [0.3, 0.4) is 0 Å². The summed E-state index contributed by atoms with van der Waals surface area (Å²) in [5.41, 5.74) is 0.726. The summed E-state index contributed by atoms with van der Waals surface area (Å²) >= 11 is 6.08. The smallest absolute Gasteiger partial charge is 0.328 e. The Morgan fingerprint density at radius 3 is 2.35 bits per heavy atom. The van der Waals surface area contributed by atoms with E-state index < -0.39 is 17.9 Å². The molecule has 2 aromatic carbocycles. The molecule has 0 saturated carbocycles. The lowest BCUT2D eigenvalue weighted by molar-refractivity contribution is -0.140. The highest BCUT2D eigenvalue weighted by atomic mass is 35.5. The van der Waals surface area contributed by atoms with Crippen molar-refractivity contribution in [3.63, 3.8) is 0 Å². The maximum atomic E-state index is 13.4. The first-order valence-electron chi connectivity index (χ1n) is 12.4. The normalized spacial score (nSPS) is 12.7. The molecule has 13 heteroatoms. The molecule has 1 N–H and O–H groups in total. The molecular weight excluding hydrogens is 545 g/mol. The first kappa shape index (κ1) is 27.3. The van der Waals surface area contributed by atoms with Gasteiger partial charge in [-0.3, -0.25) is 4.79 Å². The molecular formula is C27H24ClF3N8O. The molecule has 0 radical (unpaired) electrons. The molecule has 40 heavy (non-hydrogen) atoms. The van der Waals surface area contributed by atoms with E-state index in [1.807, 2.05) is 36.1 Å². The van der Waals surface area contributed by atoms with Gasteiger partial charge < -0.3 is 9.47 Å². The van der Waals surface area contributed by atoms with Gasteiger partial charge in [-0.1, -0.05) is 42.5 Å². The van der Waals surface area contributed by atoms with Crippen molar-refractivity contribution < 1.29 is 13.2 Å². The number of benzene rings is 2. The van der Waals surface area contributed by atoms with E-state index in [1.54, 1.807) is 38.1 Å². The summed E-state index contributed by atoms with van der Waals surface area (Å²) in [5.74, 6) is 0.520. The Bertz CT molecular complexity index is 1720. The lowest BCUT2D eigenvalue weighted by atomic mass is 10.0. The number of aromatic amines is 1. The van der Waals surface area contributed by atoms with Crippen molar-refractivity contribution in [2.45, 2.75) is 45.6 Å². The number of H-pyrrole nitrogens is 1. The largest absolute Gasteiger partial charge is 0.434 e. The first-order valence-corrected chi connectivity index (χ1v) is 12.7. The van der Waals surface area contributed by atoms with Gasteiger partial charge in [0.05, 0.1) is 17.1 Å². The number of nitrogens with one attached hydrogen (secondary N) is 1. The summed E-state index contributed by atoms with van der Waals surface area (Å²) in [7, 11) is 0. The van der Waals surface area contributed by atoms with Crippen LogP contribution in [0.1, 0.15) is 49.8 Å². The average molecular weight is 569 g/mol. The molecule has 0 aliphatic carbocycles. The van der Waals surface area contributed by atoms with Gasteiger partial charge in [0, 0.05) is 29.7 Å². The monoisotopic (exact) mass is 568 g/mol. The molecule has 0 spiro atoms. The van der Waals surface area contributed by atoms with E-state index in [1.165, 1.54) is 10.9 Å². The Balaban J connectivity index is 1.52. The third-order valence-electron chi connectivity index (χ3n) is 6.52. The van der Waals surface area contributed by atoms with E-state index in [0.29, 0.717) is 34.5 Å². The van der Waals surface area contributed by atoms with Crippen LogP contribution in [-0.4, -0.2) is 34.7 Å². The minimum Gasteiger partial charge on any atom is -0.328 e. The number of alkyl halides is 3. The zero-order valence-corrected chi connectivity index (χ0v) is 22.4. The Hall–Kier alpha value is -4.32. The van der Waals surface area contributed by atoms with Gasteiger partial charge in [0.15, 0.2) is 5.69 Å². The zero-order valence-electron chi connectivity index (χ0n) is 21.7. The van der Waals surface area contributed by atoms with E-state index in [9.17, 15) is 18.0 Å². The number of aromatic nitrogens is 7. The van der Waals surface area contributed by atoms with Crippen LogP contribution in [0.4, 0.5) is 19.1 Å². The molecule has 1 unspecified atom stereocenters. The molecule has 3 aromatic heterocycles. The number of anilines is 1. The molecule has 5 aromatic rings. The van der Waals surface area contributed by atoms with Crippen LogP contribution in [0.2, 0.25) is 5.28 Å². The predicted molar refractivity (Wildman–Crippen MR) is 145 cm³/mol. The maximum Gasteiger partial charge on any atom is 0.434 e.